The molecule has 0 radical (unpaired) electrons. The van der Waals surface area contributed by atoms with Crippen LogP contribution in [0.1, 0.15) is 0 Å². The molecule has 1 heterocycles. The molecule has 9 aromatic carbocycles. The Bertz CT molecular complexity index is 2070. The first-order valence-electron chi connectivity index (χ1n) is 20.8. The van der Waals surface area contributed by atoms with E-state index in [1.165, 1.54) is 54.1 Å². The van der Waals surface area contributed by atoms with Crippen LogP contribution < -0.4 is 52.7 Å². The van der Waals surface area contributed by atoms with Crippen molar-refractivity contribution in [2.24, 2.45) is 0 Å². The predicted molar refractivity (Wildman–Crippen MR) is 277 cm³/mol. The summed E-state index contributed by atoms with van der Waals surface area (Å²) in [5, 5.41) is 12.9. The molecular weight excluding hydrogens is 913 g/mol. The number of benzene rings is 9. The monoisotopic (exact) mass is 963 g/mol. The zero-order valence-electron chi connectivity index (χ0n) is 34.9. The van der Waals surface area contributed by atoms with Gasteiger partial charge in [-0.3, -0.25) is 0 Å². The van der Waals surface area contributed by atoms with Gasteiger partial charge in [-0.25, -0.2) is 0 Å². The van der Waals surface area contributed by atoms with Crippen LogP contribution in [-0.2, 0) is 22.4 Å². The molecule has 10 rings (SSSR count). The van der Waals surface area contributed by atoms with Crippen molar-refractivity contribution in [1.82, 2.24) is 9.97 Å². The van der Waals surface area contributed by atoms with Gasteiger partial charge < -0.3 is 9.97 Å². The quantitative estimate of drug-likeness (QED) is 0.107. The minimum atomic E-state index is -0.877. The predicted octanol–water partition coefficient (Wildman–Crippen LogP) is 9.57. The third-order valence-electron chi connectivity index (χ3n) is 9.93. The van der Waals surface area contributed by atoms with E-state index in [1.54, 1.807) is 12.4 Å². The molecule has 10 aromatic rings. The number of aromatic nitrogens is 2. The molecular formula is C57H51AgN2P3+3. The summed E-state index contributed by atoms with van der Waals surface area (Å²) in [6.45, 7) is 0. The van der Waals surface area contributed by atoms with Crippen LogP contribution in [0, 0.1) is 0 Å². The summed E-state index contributed by atoms with van der Waals surface area (Å²) >= 11 is 0. The van der Waals surface area contributed by atoms with Crippen molar-refractivity contribution in [3.63, 3.8) is 0 Å². The maximum absolute atomic E-state index is 3.61. The summed E-state index contributed by atoms with van der Waals surface area (Å²) < 4.78 is 0. The molecule has 0 spiro atoms. The summed E-state index contributed by atoms with van der Waals surface area (Å²) in [6.07, 6.45) is 4.78. The Hall–Kier alpha value is -5.78. The van der Waals surface area contributed by atoms with E-state index in [2.05, 4.69) is 283 Å². The summed E-state index contributed by atoms with van der Waals surface area (Å²) in [5.74, 6) is 0. The number of rotatable bonds is 9. The molecule has 0 N–H and O–H groups in total. The van der Waals surface area contributed by atoms with E-state index in [0.29, 0.717) is 0 Å². The normalized spacial score (nSPS) is 10.2. The van der Waals surface area contributed by atoms with Crippen LogP contribution >= 0.6 is 23.8 Å². The summed E-state index contributed by atoms with van der Waals surface area (Å²) in [5.41, 5.74) is 0. The molecule has 0 fully saturated rings. The van der Waals surface area contributed by atoms with Gasteiger partial charge in [0.15, 0.2) is 0 Å². The van der Waals surface area contributed by atoms with Crippen molar-refractivity contribution in [2.75, 3.05) is 0 Å². The Labute approximate surface area is 393 Å². The second-order valence-electron chi connectivity index (χ2n) is 14.1. The standard InChI is InChI=1S/3C18H15P.C3H3N2.Ag/c3*1-4-10-16(11-5-1)19(17-12-6-2-7-13-17)18-14-8-3-9-15-18;1-2-5-3-4-1;/h3*1-15H;1-3H;/q;;;-1;+1/p+3. The summed E-state index contributed by atoms with van der Waals surface area (Å²) in [6, 6.07) is 97.5. The molecule has 312 valence electrons. The van der Waals surface area contributed by atoms with Crippen molar-refractivity contribution >= 4 is 71.5 Å². The van der Waals surface area contributed by atoms with Crippen molar-refractivity contribution < 1.29 is 22.4 Å². The van der Waals surface area contributed by atoms with E-state index in [9.17, 15) is 0 Å². The van der Waals surface area contributed by atoms with Crippen LogP contribution in [0.25, 0.3) is 0 Å². The second kappa shape index (κ2) is 26.6. The van der Waals surface area contributed by atoms with Gasteiger partial charge >= 0.3 is 22.4 Å². The fraction of sp³-hybridized carbons (Fsp3) is 0. The number of imidazole rings is 1. The summed E-state index contributed by atoms with van der Waals surface area (Å²) in [4.78, 5) is 7.22. The van der Waals surface area contributed by atoms with Gasteiger partial charge in [0.05, 0.1) is 23.8 Å². The van der Waals surface area contributed by atoms with Crippen molar-refractivity contribution in [3.05, 3.63) is 292 Å². The molecule has 0 amide bonds. The number of hydrogen-bond acceptors (Lipinski definition) is 1. The van der Waals surface area contributed by atoms with E-state index in [1.807, 2.05) is 0 Å². The number of nitrogens with zero attached hydrogens (tertiary/aromatic N) is 2. The van der Waals surface area contributed by atoms with E-state index in [0.717, 1.165) is 0 Å². The smallest absolute Gasteiger partial charge is 0.450 e. The third-order valence-corrected chi connectivity index (χ3v) is 18.1. The molecule has 2 nitrogen and oxygen atoms in total. The van der Waals surface area contributed by atoms with Gasteiger partial charge in [-0.15, -0.1) is 0 Å². The molecule has 0 aliphatic rings. The van der Waals surface area contributed by atoms with Gasteiger partial charge in [0.2, 0.25) is 0 Å². The minimum absolute atomic E-state index is 0. The first-order chi connectivity index (χ1) is 30.8. The molecule has 6 heteroatoms. The fourth-order valence-corrected chi connectivity index (χ4v) is 14.9. The van der Waals surface area contributed by atoms with Gasteiger partial charge in [0, 0.05) is 0 Å². The Morgan fingerprint density at radius 3 is 0.492 bits per heavy atom. The average Bonchev–Trinajstić information content (AvgIpc) is 3.97. The summed E-state index contributed by atoms with van der Waals surface area (Å²) in [7, 11) is -2.63. The van der Waals surface area contributed by atoms with Crippen LogP contribution in [0.4, 0.5) is 0 Å². The van der Waals surface area contributed by atoms with Gasteiger partial charge in [-0.1, -0.05) is 183 Å². The first-order valence-corrected chi connectivity index (χ1v) is 25.3. The number of hydrogen-bond donors (Lipinski definition) is 0. The molecule has 0 saturated carbocycles. The van der Waals surface area contributed by atoms with Crippen LogP contribution in [0.2, 0.25) is 0 Å². The Morgan fingerprint density at radius 1 is 0.238 bits per heavy atom. The SMILES string of the molecule is [Ag+].c1c[n-]cn1.c1ccc([PH+](c2ccccc2)c2ccccc2)cc1.c1ccc([PH+](c2ccccc2)c2ccccc2)cc1.c1ccc([PH+](c2ccccc2)c2ccccc2)cc1. The van der Waals surface area contributed by atoms with E-state index in [4.69, 9.17) is 0 Å². The Morgan fingerprint density at radius 2 is 0.397 bits per heavy atom. The zero-order valence-corrected chi connectivity index (χ0v) is 39.4. The maximum Gasteiger partial charge on any atom is 1.00 e. The third kappa shape index (κ3) is 14.4. The molecule has 0 aliphatic carbocycles. The maximum atomic E-state index is 3.61. The molecule has 0 saturated heterocycles. The van der Waals surface area contributed by atoms with Crippen LogP contribution in [0.3, 0.4) is 0 Å². The van der Waals surface area contributed by atoms with Crippen LogP contribution in [-0.4, -0.2) is 4.98 Å². The molecule has 0 aliphatic heterocycles. The van der Waals surface area contributed by atoms with Crippen molar-refractivity contribution in [1.29, 1.82) is 0 Å². The second-order valence-corrected chi connectivity index (χ2v) is 21.6. The molecule has 1 aromatic heterocycles. The Balaban J connectivity index is 0.000000147. The van der Waals surface area contributed by atoms with E-state index >= 15 is 0 Å². The van der Waals surface area contributed by atoms with Gasteiger partial charge in [0.1, 0.15) is 47.7 Å². The van der Waals surface area contributed by atoms with Crippen molar-refractivity contribution in [2.45, 2.75) is 0 Å². The fourth-order valence-electron chi connectivity index (χ4n) is 7.14. The molecule has 0 unspecified atom stereocenters. The van der Waals surface area contributed by atoms with Gasteiger partial charge in [-0.2, -0.15) is 0 Å². The zero-order chi connectivity index (χ0) is 42.3. The first kappa shape index (κ1) is 46.7. The van der Waals surface area contributed by atoms with E-state index < -0.39 is 23.8 Å². The van der Waals surface area contributed by atoms with Gasteiger partial charge in [-0.05, 0) is 109 Å². The van der Waals surface area contributed by atoms with Gasteiger partial charge in [0.25, 0.3) is 0 Å². The van der Waals surface area contributed by atoms with Crippen LogP contribution in [0.5, 0.6) is 0 Å². The average molecular weight is 965 g/mol. The van der Waals surface area contributed by atoms with Crippen molar-refractivity contribution in [3.8, 4) is 0 Å². The topological polar surface area (TPSA) is 27.0 Å². The Kier molecular flexibility index (Phi) is 19.8. The molecule has 63 heavy (non-hydrogen) atoms. The van der Waals surface area contributed by atoms with Crippen LogP contribution in [0.15, 0.2) is 292 Å². The molecule has 0 bridgehead atoms. The largest absolute Gasteiger partial charge is 1.00 e. The van der Waals surface area contributed by atoms with E-state index in [-0.39, 0.29) is 22.4 Å². The minimum Gasteiger partial charge on any atom is -0.450 e. The molecule has 0 atom stereocenters.